The second kappa shape index (κ2) is 8.04. The van der Waals surface area contributed by atoms with Gasteiger partial charge in [-0.25, -0.2) is 0 Å². The lowest BCUT2D eigenvalue weighted by molar-refractivity contribution is -0.136. The minimum absolute atomic E-state index is 0.198. The van der Waals surface area contributed by atoms with E-state index in [0.29, 0.717) is 34.1 Å². The van der Waals surface area contributed by atoms with Crippen molar-refractivity contribution in [2.75, 3.05) is 33.2 Å². The number of carbonyl (C=O) groups excluding carboxylic acids is 2. The molecule has 0 atom stereocenters. The molecule has 1 N–H and O–H groups in total. The van der Waals surface area contributed by atoms with Gasteiger partial charge >= 0.3 is 0 Å². The summed E-state index contributed by atoms with van der Waals surface area (Å²) in [6, 6.07) is 12.2. The van der Waals surface area contributed by atoms with Gasteiger partial charge in [-0.2, -0.15) is 0 Å². The number of hydrogen-bond donors (Lipinski definition) is 1. The molecule has 0 fully saturated rings. The van der Waals surface area contributed by atoms with Crippen LogP contribution in [-0.2, 0) is 9.59 Å². The molecule has 0 spiro atoms. The van der Waals surface area contributed by atoms with Gasteiger partial charge in [0.05, 0.1) is 32.6 Å². The highest BCUT2D eigenvalue weighted by Crippen LogP contribution is 2.35. The number of carbonyl (C=O) groups is 2. The minimum Gasteiger partial charge on any atom is -0.497 e. The first kappa shape index (κ1) is 19.3. The summed E-state index contributed by atoms with van der Waals surface area (Å²) in [5.74, 6) is 1.05. The molecule has 1 aliphatic rings. The molecule has 0 unspecified atom stereocenters. The van der Waals surface area contributed by atoms with Crippen molar-refractivity contribution in [2.45, 2.75) is 6.92 Å². The maximum absolute atomic E-state index is 12.9. The van der Waals surface area contributed by atoms with Crippen LogP contribution in [0.2, 0.25) is 0 Å². The van der Waals surface area contributed by atoms with Gasteiger partial charge in [-0.3, -0.25) is 14.5 Å². The van der Waals surface area contributed by atoms with Crippen LogP contribution in [0.1, 0.15) is 12.5 Å². The molecule has 1 heterocycles. The average Bonchev–Trinajstić information content (AvgIpc) is 2.97. The van der Waals surface area contributed by atoms with E-state index in [9.17, 15) is 9.59 Å². The van der Waals surface area contributed by atoms with Gasteiger partial charge in [0.1, 0.15) is 22.9 Å². The van der Waals surface area contributed by atoms with Crippen LogP contribution in [0.3, 0.4) is 0 Å². The highest BCUT2D eigenvalue weighted by molar-refractivity contribution is 6.36. The number of amides is 2. The Morgan fingerprint density at radius 3 is 2.07 bits per heavy atom. The third-order valence-electron chi connectivity index (χ3n) is 4.53. The van der Waals surface area contributed by atoms with Crippen LogP contribution < -0.4 is 19.5 Å². The molecule has 7 nitrogen and oxygen atoms in total. The van der Waals surface area contributed by atoms with E-state index in [4.69, 9.17) is 14.2 Å². The molecule has 28 heavy (non-hydrogen) atoms. The minimum atomic E-state index is -0.386. The van der Waals surface area contributed by atoms with Gasteiger partial charge in [-0.1, -0.05) is 12.1 Å². The Morgan fingerprint density at radius 2 is 1.50 bits per heavy atom. The fourth-order valence-corrected chi connectivity index (χ4v) is 3.05. The molecular formula is C21H22N2O5. The van der Waals surface area contributed by atoms with Crippen LogP contribution in [0, 0.1) is 0 Å². The molecule has 1 aliphatic heterocycles. The molecule has 3 rings (SSSR count). The van der Waals surface area contributed by atoms with Crippen LogP contribution >= 0.6 is 0 Å². The Bertz CT molecular complexity index is 934. The Hall–Kier alpha value is -3.48. The summed E-state index contributed by atoms with van der Waals surface area (Å²) in [5, 5.41) is 3.09. The Balaban J connectivity index is 2.11. The van der Waals surface area contributed by atoms with Gasteiger partial charge in [0.15, 0.2) is 0 Å². The Labute approximate surface area is 163 Å². The van der Waals surface area contributed by atoms with E-state index in [2.05, 4.69) is 5.32 Å². The normalized spacial score (nSPS) is 13.8. The molecular weight excluding hydrogens is 360 g/mol. The highest BCUT2D eigenvalue weighted by Gasteiger charge is 2.38. The van der Waals surface area contributed by atoms with Crippen LogP contribution in [0.4, 0.5) is 5.69 Å². The first-order valence-corrected chi connectivity index (χ1v) is 8.78. The van der Waals surface area contributed by atoms with E-state index in [1.165, 1.54) is 12.0 Å². The number of nitrogens with one attached hydrogen (secondary N) is 1. The quantitative estimate of drug-likeness (QED) is 0.742. The fraction of sp³-hybridized carbons (Fsp3) is 0.238. The lowest BCUT2D eigenvalue weighted by atomic mass is 10.0. The van der Waals surface area contributed by atoms with E-state index in [1.54, 1.807) is 63.6 Å². The predicted molar refractivity (Wildman–Crippen MR) is 105 cm³/mol. The van der Waals surface area contributed by atoms with Crippen molar-refractivity contribution in [3.05, 3.63) is 53.7 Å². The monoisotopic (exact) mass is 382 g/mol. The number of rotatable bonds is 7. The summed E-state index contributed by atoms with van der Waals surface area (Å²) in [6.07, 6.45) is 0. The summed E-state index contributed by atoms with van der Waals surface area (Å²) >= 11 is 0. The number of ether oxygens (including phenoxy) is 3. The smallest absolute Gasteiger partial charge is 0.278 e. The van der Waals surface area contributed by atoms with E-state index < -0.39 is 0 Å². The van der Waals surface area contributed by atoms with Gasteiger partial charge in [0.2, 0.25) is 0 Å². The molecule has 2 aromatic rings. The average molecular weight is 382 g/mol. The lowest BCUT2D eigenvalue weighted by Gasteiger charge is -2.14. The molecule has 0 saturated carbocycles. The standard InChI is InChI=1S/C21H22N2O5/c1-5-23-20(24)18(13-6-8-14(26-2)9-7-13)19(21(23)25)22-16-12-15(27-3)10-11-17(16)28-4/h6-12,22H,5H2,1-4H3. The van der Waals surface area contributed by atoms with Gasteiger partial charge < -0.3 is 19.5 Å². The topological polar surface area (TPSA) is 77.1 Å². The summed E-state index contributed by atoms with van der Waals surface area (Å²) in [6.45, 7) is 2.04. The fourth-order valence-electron chi connectivity index (χ4n) is 3.05. The van der Waals surface area contributed by atoms with Crippen molar-refractivity contribution in [3.8, 4) is 17.2 Å². The summed E-state index contributed by atoms with van der Waals surface area (Å²) in [7, 11) is 4.65. The number of hydrogen-bond acceptors (Lipinski definition) is 6. The second-order valence-corrected chi connectivity index (χ2v) is 6.02. The van der Waals surface area contributed by atoms with Gasteiger partial charge in [0, 0.05) is 12.6 Å². The van der Waals surface area contributed by atoms with Gasteiger partial charge in [-0.15, -0.1) is 0 Å². The molecule has 0 saturated heterocycles. The lowest BCUT2D eigenvalue weighted by Crippen LogP contribution is -2.32. The second-order valence-electron chi connectivity index (χ2n) is 6.02. The predicted octanol–water partition coefficient (Wildman–Crippen LogP) is 2.92. The Kier molecular flexibility index (Phi) is 5.54. The molecule has 0 bridgehead atoms. The number of anilines is 1. The third kappa shape index (κ3) is 3.38. The SMILES string of the molecule is CCN1C(=O)C(Nc2cc(OC)ccc2OC)=C(c2ccc(OC)cc2)C1=O. The van der Waals surface area contributed by atoms with E-state index >= 15 is 0 Å². The van der Waals surface area contributed by atoms with Crippen molar-refractivity contribution in [3.63, 3.8) is 0 Å². The molecule has 2 amide bonds. The zero-order valence-electron chi connectivity index (χ0n) is 16.2. The zero-order chi connectivity index (χ0) is 20.3. The van der Waals surface area contributed by atoms with Crippen molar-refractivity contribution in [2.24, 2.45) is 0 Å². The van der Waals surface area contributed by atoms with Crippen molar-refractivity contribution < 1.29 is 23.8 Å². The summed E-state index contributed by atoms with van der Waals surface area (Å²) < 4.78 is 15.8. The van der Waals surface area contributed by atoms with Crippen LogP contribution in [0.5, 0.6) is 17.2 Å². The van der Waals surface area contributed by atoms with Crippen LogP contribution in [-0.4, -0.2) is 44.6 Å². The van der Waals surface area contributed by atoms with Crippen molar-refractivity contribution in [1.82, 2.24) is 4.90 Å². The summed E-state index contributed by atoms with van der Waals surface area (Å²) in [4.78, 5) is 27.0. The highest BCUT2D eigenvalue weighted by atomic mass is 16.5. The third-order valence-corrected chi connectivity index (χ3v) is 4.53. The number of methoxy groups -OCH3 is 3. The molecule has 0 aromatic heterocycles. The first-order chi connectivity index (χ1) is 13.5. The number of imide groups is 1. The van der Waals surface area contributed by atoms with Gasteiger partial charge in [-0.05, 0) is 36.8 Å². The number of likely N-dealkylation sites (N-methyl/N-ethyl adjacent to an activating group) is 1. The van der Waals surface area contributed by atoms with Crippen molar-refractivity contribution in [1.29, 1.82) is 0 Å². The zero-order valence-corrected chi connectivity index (χ0v) is 16.2. The molecule has 0 aliphatic carbocycles. The van der Waals surface area contributed by atoms with E-state index in [0.717, 1.165) is 0 Å². The van der Waals surface area contributed by atoms with E-state index in [-0.39, 0.29) is 24.1 Å². The van der Waals surface area contributed by atoms with E-state index in [1.807, 2.05) is 0 Å². The van der Waals surface area contributed by atoms with Crippen LogP contribution in [0.25, 0.3) is 5.57 Å². The molecule has 146 valence electrons. The van der Waals surface area contributed by atoms with Crippen LogP contribution in [0.15, 0.2) is 48.2 Å². The number of benzene rings is 2. The molecule has 2 aromatic carbocycles. The maximum Gasteiger partial charge on any atom is 0.278 e. The first-order valence-electron chi connectivity index (χ1n) is 8.78. The summed E-state index contributed by atoms with van der Waals surface area (Å²) in [5.41, 5.74) is 1.66. The van der Waals surface area contributed by atoms with Crippen molar-refractivity contribution >= 4 is 23.1 Å². The molecule has 0 radical (unpaired) electrons. The number of nitrogens with zero attached hydrogens (tertiary/aromatic N) is 1. The Morgan fingerprint density at radius 1 is 0.857 bits per heavy atom. The molecule has 7 heteroatoms. The largest absolute Gasteiger partial charge is 0.497 e. The van der Waals surface area contributed by atoms with Gasteiger partial charge in [0.25, 0.3) is 11.8 Å². The maximum atomic E-state index is 12.9.